The highest BCUT2D eigenvalue weighted by Crippen LogP contribution is 2.44. The van der Waals surface area contributed by atoms with Crippen LogP contribution in [0.1, 0.15) is 18.5 Å². The lowest BCUT2D eigenvalue weighted by Crippen LogP contribution is -2.25. The van der Waals surface area contributed by atoms with E-state index >= 15 is 0 Å². The molecule has 0 aromatic heterocycles. The molecule has 17 heavy (non-hydrogen) atoms. The molecule has 1 atom stereocenters. The zero-order chi connectivity index (χ0) is 12.0. The molecule has 0 fully saturated rings. The van der Waals surface area contributed by atoms with Gasteiger partial charge >= 0.3 is 0 Å². The third kappa shape index (κ3) is 1.41. The number of benzene rings is 2. The predicted molar refractivity (Wildman–Crippen MR) is 70.4 cm³/mol. The Balaban J connectivity index is 2.32. The Morgan fingerprint density at radius 3 is 2.65 bits per heavy atom. The number of phenols is 1. The second kappa shape index (κ2) is 3.52. The van der Waals surface area contributed by atoms with Crippen molar-refractivity contribution in [2.75, 3.05) is 11.9 Å². The molecule has 1 N–H and O–H groups in total. The maximum absolute atomic E-state index is 9.62. The lowest BCUT2D eigenvalue weighted by Gasteiger charge is -2.35. The van der Waals surface area contributed by atoms with Crippen molar-refractivity contribution in [1.29, 1.82) is 0 Å². The van der Waals surface area contributed by atoms with Crippen LogP contribution in [-0.4, -0.2) is 12.2 Å². The van der Waals surface area contributed by atoms with Crippen LogP contribution in [0, 0.1) is 0 Å². The molecule has 1 heterocycles. The maximum Gasteiger partial charge on any atom is 0.115 e. The second-order valence-corrected chi connectivity index (χ2v) is 4.58. The summed E-state index contributed by atoms with van der Waals surface area (Å²) in [5, 5.41) is 9.62. The molecular formula is C15H15NO. The van der Waals surface area contributed by atoms with Crippen LogP contribution in [0.5, 0.6) is 5.75 Å². The van der Waals surface area contributed by atoms with Crippen molar-refractivity contribution in [2.24, 2.45) is 0 Å². The fourth-order valence-electron chi connectivity index (χ4n) is 2.57. The van der Waals surface area contributed by atoms with Crippen molar-refractivity contribution < 1.29 is 5.11 Å². The van der Waals surface area contributed by atoms with Crippen LogP contribution in [0.25, 0.3) is 11.1 Å². The Bertz CT molecular complexity index is 577. The van der Waals surface area contributed by atoms with Crippen LogP contribution in [0.2, 0.25) is 0 Å². The minimum Gasteiger partial charge on any atom is -0.508 e. The van der Waals surface area contributed by atoms with Gasteiger partial charge in [0.15, 0.2) is 0 Å². The number of hydrogen-bond donors (Lipinski definition) is 1. The molecule has 0 aliphatic carbocycles. The van der Waals surface area contributed by atoms with Gasteiger partial charge in [0.2, 0.25) is 0 Å². The Labute approximate surface area is 101 Å². The van der Waals surface area contributed by atoms with Crippen molar-refractivity contribution in [3.8, 4) is 16.9 Å². The third-order valence-electron chi connectivity index (χ3n) is 3.64. The smallest absolute Gasteiger partial charge is 0.115 e. The fraction of sp³-hybridized carbons (Fsp3) is 0.200. The van der Waals surface area contributed by atoms with E-state index in [-0.39, 0.29) is 6.04 Å². The summed E-state index contributed by atoms with van der Waals surface area (Å²) in [5.74, 6) is 0.336. The fourth-order valence-corrected chi connectivity index (χ4v) is 2.57. The Kier molecular flexibility index (Phi) is 2.11. The first-order chi connectivity index (χ1) is 8.18. The molecule has 0 spiro atoms. The van der Waals surface area contributed by atoms with E-state index in [0.717, 1.165) is 0 Å². The molecule has 0 saturated heterocycles. The number of anilines is 1. The molecule has 2 aromatic rings. The van der Waals surface area contributed by atoms with Gasteiger partial charge in [-0.3, -0.25) is 0 Å². The number of hydrogen-bond acceptors (Lipinski definition) is 2. The van der Waals surface area contributed by atoms with E-state index in [9.17, 15) is 5.11 Å². The van der Waals surface area contributed by atoms with Gasteiger partial charge in [-0.05, 0) is 36.2 Å². The lowest BCUT2D eigenvalue weighted by atomic mass is 9.89. The average Bonchev–Trinajstić information content (AvgIpc) is 2.36. The van der Waals surface area contributed by atoms with Crippen molar-refractivity contribution >= 4 is 5.69 Å². The largest absolute Gasteiger partial charge is 0.508 e. The number of rotatable bonds is 0. The second-order valence-electron chi connectivity index (χ2n) is 4.58. The van der Waals surface area contributed by atoms with Crippen molar-refractivity contribution in [1.82, 2.24) is 0 Å². The van der Waals surface area contributed by atoms with Gasteiger partial charge in [0, 0.05) is 18.3 Å². The van der Waals surface area contributed by atoms with Crippen LogP contribution >= 0.6 is 0 Å². The molecule has 2 heteroatoms. The quantitative estimate of drug-likeness (QED) is 0.741. The van der Waals surface area contributed by atoms with Crippen LogP contribution in [0.15, 0.2) is 42.5 Å². The summed E-state index contributed by atoms with van der Waals surface area (Å²) < 4.78 is 0. The van der Waals surface area contributed by atoms with E-state index in [0.29, 0.717) is 5.75 Å². The molecular weight excluding hydrogens is 210 g/mol. The minimum absolute atomic E-state index is 0.284. The van der Waals surface area contributed by atoms with Gasteiger partial charge in [0.05, 0.1) is 6.04 Å². The Morgan fingerprint density at radius 2 is 1.82 bits per heavy atom. The maximum atomic E-state index is 9.62. The molecule has 86 valence electrons. The van der Waals surface area contributed by atoms with E-state index in [4.69, 9.17) is 0 Å². The first kappa shape index (κ1) is 10.2. The first-order valence-electron chi connectivity index (χ1n) is 5.83. The summed E-state index contributed by atoms with van der Waals surface area (Å²) in [4.78, 5) is 2.25. The first-order valence-corrected chi connectivity index (χ1v) is 5.83. The average molecular weight is 225 g/mol. The molecule has 2 nitrogen and oxygen atoms in total. The van der Waals surface area contributed by atoms with Crippen LogP contribution in [0.4, 0.5) is 5.69 Å². The molecule has 2 aromatic carbocycles. The van der Waals surface area contributed by atoms with Crippen molar-refractivity contribution in [3.63, 3.8) is 0 Å². The Morgan fingerprint density at radius 1 is 1.06 bits per heavy atom. The van der Waals surface area contributed by atoms with Gasteiger partial charge in [-0.2, -0.15) is 0 Å². The van der Waals surface area contributed by atoms with E-state index in [2.05, 4.69) is 43.1 Å². The van der Waals surface area contributed by atoms with Gasteiger partial charge in [-0.1, -0.05) is 24.3 Å². The van der Waals surface area contributed by atoms with Crippen molar-refractivity contribution in [3.05, 3.63) is 48.0 Å². The molecule has 0 radical (unpaired) electrons. The summed E-state index contributed by atoms with van der Waals surface area (Å²) >= 11 is 0. The van der Waals surface area contributed by atoms with Gasteiger partial charge < -0.3 is 10.0 Å². The molecule has 1 aliphatic heterocycles. The van der Waals surface area contributed by atoms with Crippen LogP contribution in [0.3, 0.4) is 0 Å². The summed E-state index contributed by atoms with van der Waals surface area (Å²) in [6.07, 6.45) is 0. The summed E-state index contributed by atoms with van der Waals surface area (Å²) in [6.45, 7) is 2.16. The molecule has 0 bridgehead atoms. The number of fused-ring (bicyclic) bond motifs is 3. The van der Waals surface area contributed by atoms with Gasteiger partial charge in [0.1, 0.15) is 5.75 Å². The lowest BCUT2D eigenvalue weighted by molar-refractivity contribution is 0.474. The van der Waals surface area contributed by atoms with Crippen LogP contribution < -0.4 is 4.90 Å². The topological polar surface area (TPSA) is 23.5 Å². The third-order valence-corrected chi connectivity index (χ3v) is 3.64. The van der Waals surface area contributed by atoms with Crippen LogP contribution in [-0.2, 0) is 0 Å². The number of aromatic hydroxyl groups is 1. The SMILES string of the molecule is C[C@@H]1c2cc(O)ccc2-c2ccccc2N1C. The van der Waals surface area contributed by atoms with Crippen molar-refractivity contribution in [2.45, 2.75) is 13.0 Å². The van der Waals surface area contributed by atoms with Gasteiger partial charge in [0.25, 0.3) is 0 Å². The monoisotopic (exact) mass is 225 g/mol. The van der Waals surface area contributed by atoms with Gasteiger partial charge in [-0.25, -0.2) is 0 Å². The van der Waals surface area contributed by atoms with E-state index < -0.39 is 0 Å². The summed E-state index contributed by atoms with van der Waals surface area (Å²) in [5.41, 5.74) is 4.90. The highest BCUT2D eigenvalue weighted by molar-refractivity contribution is 5.84. The molecule has 0 unspecified atom stereocenters. The molecule has 1 aliphatic rings. The van der Waals surface area contributed by atoms with E-state index in [1.54, 1.807) is 6.07 Å². The van der Waals surface area contributed by atoms with Gasteiger partial charge in [-0.15, -0.1) is 0 Å². The normalized spacial score (nSPS) is 17.5. The highest BCUT2D eigenvalue weighted by atomic mass is 16.3. The number of para-hydroxylation sites is 1. The van der Waals surface area contributed by atoms with E-state index in [1.807, 2.05) is 12.1 Å². The predicted octanol–water partition coefficient (Wildman–Crippen LogP) is 3.57. The summed E-state index contributed by atoms with van der Waals surface area (Å²) in [7, 11) is 2.09. The molecule has 3 rings (SSSR count). The standard InChI is InChI=1S/C15H15NO/c1-10-14-9-11(17)7-8-12(14)13-5-3-4-6-15(13)16(10)2/h3-10,17H,1-2H3/t10-/m1/s1. The molecule has 0 amide bonds. The highest BCUT2D eigenvalue weighted by Gasteiger charge is 2.25. The molecule has 0 saturated carbocycles. The minimum atomic E-state index is 0.284. The number of phenolic OH excluding ortho intramolecular Hbond substituents is 1. The zero-order valence-electron chi connectivity index (χ0n) is 10.0. The number of nitrogens with zero attached hydrogens (tertiary/aromatic N) is 1. The summed E-state index contributed by atoms with van der Waals surface area (Å²) in [6, 6.07) is 14.3. The van der Waals surface area contributed by atoms with E-state index in [1.165, 1.54) is 22.4 Å². The Hall–Kier alpha value is -1.96. The zero-order valence-corrected chi connectivity index (χ0v) is 10.0.